The Morgan fingerprint density at radius 2 is 1.64 bits per heavy atom. The smallest absolute Gasteiger partial charge is 0.359 e. The van der Waals surface area contributed by atoms with E-state index < -0.39 is 35.2 Å². The Morgan fingerprint density at radius 1 is 1.08 bits per heavy atom. The van der Waals surface area contributed by atoms with Crippen molar-refractivity contribution in [1.29, 1.82) is 0 Å². The fourth-order valence-electron chi connectivity index (χ4n) is 4.02. The number of aliphatic carboxylic acids is 2. The number of aliphatic imine (C=N–C) groups is 1. The topological polar surface area (TPSA) is 163 Å². The van der Waals surface area contributed by atoms with E-state index in [9.17, 15) is 22.6 Å². The molecule has 0 saturated carbocycles. The zero-order valence-electron chi connectivity index (χ0n) is 21.7. The van der Waals surface area contributed by atoms with Crippen LogP contribution < -0.4 is 0 Å². The third-order valence-electron chi connectivity index (χ3n) is 5.92. The summed E-state index contributed by atoms with van der Waals surface area (Å²) in [7, 11) is -4.48. The van der Waals surface area contributed by atoms with Gasteiger partial charge in [-0.3, -0.25) is 4.18 Å². The number of carbonyl (C=O) groups is 2. The molecular formula is C24H44N2O9S. The van der Waals surface area contributed by atoms with Gasteiger partial charge in [0.05, 0.1) is 19.6 Å². The van der Waals surface area contributed by atoms with E-state index in [2.05, 4.69) is 22.7 Å². The molecule has 0 radical (unpaired) electrons. The molecule has 0 amide bonds. The number of ether oxygens (including phenoxy) is 1. The van der Waals surface area contributed by atoms with Gasteiger partial charge in [-0.15, -0.1) is 6.58 Å². The van der Waals surface area contributed by atoms with Crippen LogP contribution in [0, 0.1) is 0 Å². The Balaban J connectivity index is 0.000000686. The molecule has 1 aliphatic rings. The van der Waals surface area contributed by atoms with E-state index in [1.54, 1.807) is 13.0 Å². The Bertz CT molecular complexity index is 786. The van der Waals surface area contributed by atoms with Crippen LogP contribution in [-0.4, -0.2) is 84.5 Å². The Morgan fingerprint density at radius 3 is 2.11 bits per heavy atom. The molecule has 0 fully saturated rings. The minimum atomic E-state index is -4.48. The predicted octanol–water partition coefficient (Wildman–Crippen LogP) is 3.71. The van der Waals surface area contributed by atoms with E-state index >= 15 is 0 Å². The second kappa shape index (κ2) is 19.3. The van der Waals surface area contributed by atoms with Crippen molar-refractivity contribution in [1.82, 2.24) is 0 Å². The van der Waals surface area contributed by atoms with Crippen LogP contribution in [0.1, 0.15) is 84.5 Å². The Kier molecular flexibility index (Phi) is 18.3. The second-order valence-electron chi connectivity index (χ2n) is 8.82. The highest BCUT2D eigenvalue weighted by Crippen LogP contribution is 2.23. The molecule has 2 unspecified atom stereocenters. The van der Waals surface area contributed by atoms with Crippen molar-refractivity contribution in [3.8, 4) is 0 Å². The first kappa shape index (κ1) is 34.1. The average Bonchev–Trinajstić information content (AvgIpc) is 3.18. The molecule has 0 aromatic carbocycles. The fourth-order valence-corrected chi connectivity index (χ4v) is 4.34. The van der Waals surface area contributed by atoms with Gasteiger partial charge in [-0.1, -0.05) is 70.8 Å². The zero-order valence-corrected chi connectivity index (χ0v) is 22.5. The van der Waals surface area contributed by atoms with Crippen molar-refractivity contribution in [2.75, 3.05) is 32.8 Å². The normalized spacial score (nSPS) is 18.1. The molecular weight excluding hydrogens is 492 g/mol. The number of hydrogen-bond donors (Lipinski definition) is 2. The number of carboxylic acids is 2. The first-order chi connectivity index (χ1) is 17.0. The Labute approximate surface area is 215 Å². The lowest BCUT2D eigenvalue weighted by Crippen LogP contribution is -2.60. The number of carboxylic acid groups (broad SMARTS) is 2. The summed E-state index contributed by atoms with van der Waals surface area (Å²) < 4.78 is 39.8. The molecule has 1 rings (SSSR count). The van der Waals surface area contributed by atoms with E-state index in [0.717, 1.165) is 12.8 Å². The van der Waals surface area contributed by atoms with Crippen molar-refractivity contribution in [2.24, 2.45) is 4.99 Å². The minimum Gasteiger partial charge on any atom is -0.726 e. The van der Waals surface area contributed by atoms with Gasteiger partial charge in [0.2, 0.25) is 16.2 Å². The van der Waals surface area contributed by atoms with Crippen molar-refractivity contribution in [3.05, 3.63) is 12.7 Å². The summed E-state index contributed by atoms with van der Waals surface area (Å²) >= 11 is 0. The summed E-state index contributed by atoms with van der Waals surface area (Å²) in [5.41, 5.74) is 0. The van der Waals surface area contributed by atoms with Crippen LogP contribution in [-0.2, 0) is 28.9 Å². The van der Waals surface area contributed by atoms with Gasteiger partial charge in [0.25, 0.3) is 0 Å². The number of quaternary nitrogens is 1. The summed E-state index contributed by atoms with van der Waals surface area (Å²) in [6.45, 7) is 7.93. The number of hydrogen-bond acceptors (Lipinski definition) is 8. The van der Waals surface area contributed by atoms with Crippen LogP contribution in [0.2, 0.25) is 0 Å². The summed E-state index contributed by atoms with van der Waals surface area (Å²) in [6.07, 6.45) is 13.2. The number of unbranched alkanes of at least 4 members (excludes halogenated alkanes) is 9. The molecule has 0 aromatic rings. The van der Waals surface area contributed by atoms with Crippen LogP contribution >= 0.6 is 0 Å². The highest BCUT2D eigenvalue weighted by Gasteiger charge is 2.45. The van der Waals surface area contributed by atoms with Gasteiger partial charge >= 0.3 is 11.9 Å². The van der Waals surface area contributed by atoms with Crippen LogP contribution in [0.4, 0.5) is 0 Å². The monoisotopic (exact) mass is 536 g/mol. The molecule has 2 atom stereocenters. The molecule has 0 bridgehead atoms. The summed E-state index contributed by atoms with van der Waals surface area (Å²) in [4.78, 5) is 25.9. The average molecular weight is 537 g/mol. The van der Waals surface area contributed by atoms with Gasteiger partial charge in [0, 0.05) is 6.92 Å². The van der Waals surface area contributed by atoms with Gasteiger partial charge in [0.15, 0.2) is 19.4 Å². The van der Waals surface area contributed by atoms with E-state index in [1.165, 1.54) is 44.9 Å². The van der Waals surface area contributed by atoms with Gasteiger partial charge in [0.1, 0.15) is 6.54 Å². The van der Waals surface area contributed by atoms with E-state index in [0.29, 0.717) is 31.8 Å². The molecule has 36 heavy (non-hydrogen) atoms. The quantitative estimate of drug-likeness (QED) is 0.0776. The molecule has 0 aromatic heterocycles. The standard InChI is InChI=1S/C12H18N2O5.C12H26O4S/c1-3-4-10-13-5-6-14(10,7-11(15)16)9(2)19-8-12(17)18;1-2-3-4-5-6-7-8-9-10-11-12-16-17(13,14)15/h3,9H,1,4-8H2,2H3,(H-,15,16,17,18);2-12H2,1H3,(H,13,14,15). The van der Waals surface area contributed by atoms with Gasteiger partial charge in [-0.2, -0.15) is 0 Å². The predicted molar refractivity (Wildman–Crippen MR) is 135 cm³/mol. The summed E-state index contributed by atoms with van der Waals surface area (Å²) in [5, 5.41) is 17.7. The molecule has 0 saturated heterocycles. The van der Waals surface area contributed by atoms with Crippen LogP contribution in [0.3, 0.4) is 0 Å². The minimum absolute atomic E-state index is 0.0301. The molecule has 1 aliphatic heterocycles. The van der Waals surface area contributed by atoms with Crippen LogP contribution in [0.15, 0.2) is 17.6 Å². The van der Waals surface area contributed by atoms with Gasteiger partial charge < -0.3 is 19.5 Å². The summed E-state index contributed by atoms with van der Waals surface area (Å²) in [6, 6.07) is 0. The lowest BCUT2D eigenvalue weighted by Gasteiger charge is -2.37. The van der Waals surface area contributed by atoms with Crippen molar-refractivity contribution < 1.29 is 46.2 Å². The van der Waals surface area contributed by atoms with Crippen LogP contribution in [0.5, 0.6) is 0 Å². The number of rotatable bonds is 20. The maximum atomic E-state index is 11.1. The molecule has 12 heteroatoms. The molecule has 0 spiro atoms. The highest BCUT2D eigenvalue weighted by atomic mass is 32.3. The molecule has 1 heterocycles. The molecule has 11 nitrogen and oxygen atoms in total. The molecule has 210 valence electrons. The van der Waals surface area contributed by atoms with Crippen molar-refractivity contribution in [2.45, 2.75) is 90.7 Å². The maximum absolute atomic E-state index is 11.1. The fraction of sp³-hybridized carbons (Fsp3) is 0.792. The van der Waals surface area contributed by atoms with E-state index in [1.807, 2.05) is 0 Å². The van der Waals surface area contributed by atoms with E-state index in [4.69, 9.17) is 14.9 Å². The maximum Gasteiger partial charge on any atom is 0.359 e. The third-order valence-corrected chi connectivity index (χ3v) is 6.38. The van der Waals surface area contributed by atoms with E-state index in [-0.39, 0.29) is 17.6 Å². The first-order valence-electron chi connectivity index (χ1n) is 12.7. The van der Waals surface area contributed by atoms with Crippen molar-refractivity contribution >= 4 is 28.2 Å². The van der Waals surface area contributed by atoms with Gasteiger partial charge in [-0.05, 0) is 6.42 Å². The Hall–Kier alpha value is -1.86. The van der Waals surface area contributed by atoms with Gasteiger partial charge in [-0.25, -0.2) is 27.5 Å². The SMILES string of the molecule is C=CCC1=NCC[N+]1(CC(=O)O)C(C)OCC(=O)O.CCCCCCCCCCCCOS(=O)(=O)[O-]. The van der Waals surface area contributed by atoms with Crippen molar-refractivity contribution in [3.63, 3.8) is 0 Å². The largest absolute Gasteiger partial charge is 0.726 e. The lowest BCUT2D eigenvalue weighted by atomic mass is 10.1. The molecule has 0 aliphatic carbocycles. The second-order valence-corrected chi connectivity index (χ2v) is 9.87. The highest BCUT2D eigenvalue weighted by molar-refractivity contribution is 7.80. The molecule has 2 N–H and O–H groups in total. The third kappa shape index (κ3) is 16.0. The lowest BCUT2D eigenvalue weighted by molar-refractivity contribution is -0.878. The number of nitrogens with zero attached hydrogens (tertiary/aromatic N) is 2. The summed E-state index contributed by atoms with van der Waals surface area (Å²) in [5.74, 6) is -1.37. The first-order valence-corrected chi connectivity index (χ1v) is 14.0. The number of amidine groups is 1. The van der Waals surface area contributed by atoms with Crippen LogP contribution in [0.25, 0.3) is 0 Å². The zero-order chi connectivity index (χ0) is 27.5.